The fourth-order valence-electron chi connectivity index (χ4n) is 0.799. The molecule has 1 saturated heterocycles. The average Bonchev–Trinajstić information content (AvgIpc) is 1.86. The van der Waals surface area contributed by atoms with Gasteiger partial charge in [0, 0.05) is 0 Å². The van der Waals surface area contributed by atoms with Crippen molar-refractivity contribution < 1.29 is 0 Å². The van der Waals surface area contributed by atoms with E-state index in [1.807, 2.05) is 0 Å². The molecule has 0 aliphatic carbocycles. The van der Waals surface area contributed by atoms with E-state index in [4.69, 9.17) is 0 Å². The molecule has 1 rings (SSSR count). The van der Waals surface area contributed by atoms with Gasteiger partial charge in [-0.25, -0.2) is 0 Å². The fourth-order valence-corrected chi connectivity index (χ4v) is 0.799. The second-order valence-electron chi connectivity index (χ2n) is 2.10. The number of nitrogens with one attached hydrogen (secondary N) is 1. The van der Waals surface area contributed by atoms with Crippen molar-refractivity contribution >= 4 is 0 Å². The molecule has 1 aliphatic rings. The lowest BCUT2D eigenvalue weighted by Crippen LogP contribution is -2.06. The summed E-state index contributed by atoms with van der Waals surface area (Å²) in [7, 11) is 0. The first-order valence-electron chi connectivity index (χ1n) is 2.60. The molecule has 7 heavy (non-hydrogen) atoms. The van der Waals surface area contributed by atoms with Crippen LogP contribution in [-0.2, 0) is 0 Å². The van der Waals surface area contributed by atoms with E-state index in [0.29, 0.717) is 0 Å². The van der Waals surface area contributed by atoms with Crippen LogP contribution < -0.4 is 5.32 Å². The van der Waals surface area contributed by atoms with E-state index in [0.717, 1.165) is 5.92 Å². The van der Waals surface area contributed by atoms with Crippen molar-refractivity contribution in [3.8, 4) is 0 Å². The number of hydrogen-bond donors (Lipinski definition) is 1. The maximum atomic E-state index is 3.27. The molecule has 1 nitrogen and oxygen atoms in total. The van der Waals surface area contributed by atoms with Gasteiger partial charge in [-0.05, 0) is 25.4 Å². The van der Waals surface area contributed by atoms with Gasteiger partial charge >= 0.3 is 0 Å². The number of rotatable bonds is 0. The molecular weight excluding hydrogens is 86.1 g/mol. The highest BCUT2D eigenvalue weighted by Gasteiger charge is 2.06. The van der Waals surface area contributed by atoms with Crippen LogP contribution in [0.4, 0.5) is 0 Å². The molecule has 1 aliphatic heterocycles. The van der Waals surface area contributed by atoms with Crippen LogP contribution in [0.15, 0.2) is 0 Å². The highest BCUT2D eigenvalue weighted by Crippen LogP contribution is 2.03. The van der Waals surface area contributed by atoms with E-state index >= 15 is 0 Å². The molecule has 1 heteroatoms. The summed E-state index contributed by atoms with van der Waals surface area (Å²) in [5, 5.41) is 3.27. The third-order valence-corrected chi connectivity index (χ3v) is 1.31. The third-order valence-electron chi connectivity index (χ3n) is 1.31. The summed E-state index contributed by atoms with van der Waals surface area (Å²) in [6.45, 7) is 4.75. The smallest absolute Gasteiger partial charge is 0.00227 e. The molecule has 0 radical (unpaired) electrons. The van der Waals surface area contributed by atoms with Crippen LogP contribution in [0.25, 0.3) is 0 Å². The predicted molar refractivity (Wildman–Crippen MR) is 33.4 cm³/mol. The van der Waals surface area contributed by atoms with Crippen molar-refractivity contribution in [2.45, 2.75) is 20.8 Å². The van der Waals surface area contributed by atoms with Gasteiger partial charge < -0.3 is 5.32 Å². The van der Waals surface area contributed by atoms with E-state index in [1.54, 1.807) is 0 Å². The summed E-state index contributed by atoms with van der Waals surface area (Å²) in [5.74, 6) is 0.935. The topological polar surface area (TPSA) is 12.0 Å². The van der Waals surface area contributed by atoms with Crippen LogP contribution in [0, 0.1) is 5.92 Å². The molecule has 1 heterocycles. The van der Waals surface area contributed by atoms with E-state index in [-0.39, 0.29) is 7.43 Å². The highest BCUT2D eigenvalue weighted by molar-refractivity contribution is 4.65. The number of hydrogen-bond acceptors (Lipinski definition) is 1. The Morgan fingerprint density at radius 3 is 2.43 bits per heavy atom. The molecule has 0 unspecified atom stereocenters. The first kappa shape index (κ1) is 6.96. The fraction of sp³-hybridized carbons (Fsp3) is 1.00. The molecule has 1 atom stereocenters. The zero-order valence-electron chi connectivity index (χ0n) is 4.20. The maximum Gasteiger partial charge on any atom is -0.00227 e. The Morgan fingerprint density at radius 2 is 2.29 bits per heavy atom. The Balaban J connectivity index is 0.000000360. The van der Waals surface area contributed by atoms with Crippen LogP contribution in [0.3, 0.4) is 0 Å². The zero-order valence-corrected chi connectivity index (χ0v) is 4.20. The SMILES string of the molecule is C.C[C@H]1CCNC1. The molecule has 0 spiro atoms. The van der Waals surface area contributed by atoms with Crippen molar-refractivity contribution in [1.29, 1.82) is 0 Å². The van der Waals surface area contributed by atoms with Gasteiger partial charge in [0.05, 0.1) is 0 Å². The van der Waals surface area contributed by atoms with Gasteiger partial charge in [-0.15, -0.1) is 0 Å². The van der Waals surface area contributed by atoms with Crippen LogP contribution in [0.5, 0.6) is 0 Å². The summed E-state index contributed by atoms with van der Waals surface area (Å²) in [6.07, 6.45) is 1.38. The summed E-state index contributed by atoms with van der Waals surface area (Å²) >= 11 is 0. The van der Waals surface area contributed by atoms with Crippen LogP contribution in [0.1, 0.15) is 20.8 Å². The van der Waals surface area contributed by atoms with Gasteiger partial charge in [0.1, 0.15) is 0 Å². The second kappa shape index (κ2) is 3.03. The van der Waals surface area contributed by atoms with Crippen molar-refractivity contribution in [2.75, 3.05) is 13.1 Å². The summed E-state index contributed by atoms with van der Waals surface area (Å²) in [5.41, 5.74) is 0. The molecule has 1 N–H and O–H groups in total. The Bertz CT molecular complexity index is 37.4. The second-order valence-corrected chi connectivity index (χ2v) is 2.10. The van der Waals surface area contributed by atoms with Gasteiger partial charge in [-0.2, -0.15) is 0 Å². The Labute approximate surface area is 46.1 Å². The molecule has 0 aromatic carbocycles. The zero-order chi connectivity index (χ0) is 4.41. The van der Waals surface area contributed by atoms with Gasteiger partial charge in [-0.1, -0.05) is 14.4 Å². The average molecular weight is 101 g/mol. The van der Waals surface area contributed by atoms with Gasteiger partial charge in [0.25, 0.3) is 0 Å². The molecule has 0 bridgehead atoms. The Kier molecular flexibility index (Phi) is 3.01. The molecule has 44 valence electrons. The lowest BCUT2D eigenvalue weighted by Gasteiger charge is -1.90. The predicted octanol–water partition coefficient (Wildman–Crippen LogP) is 1.25. The molecule has 0 saturated carbocycles. The van der Waals surface area contributed by atoms with E-state index < -0.39 is 0 Å². The van der Waals surface area contributed by atoms with Gasteiger partial charge in [0.2, 0.25) is 0 Å². The van der Waals surface area contributed by atoms with E-state index in [1.165, 1.54) is 19.5 Å². The van der Waals surface area contributed by atoms with Crippen molar-refractivity contribution in [3.05, 3.63) is 0 Å². The molecule has 0 aromatic rings. The first-order valence-corrected chi connectivity index (χ1v) is 2.60. The maximum absolute atomic E-state index is 3.27. The quantitative estimate of drug-likeness (QED) is 0.484. The van der Waals surface area contributed by atoms with Crippen molar-refractivity contribution in [1.82, 2.24) is 5.32 Å². The van der Waals surface area contributed by atoms with Crippen molar-refractivity contribution in [2.24, 2.45) is 5.92 Å². The van der Waals surface area contributed by atoms with E-state index in [2.05, 4.69) is 12.2 Å². The molecule has 0 aromatic heterocycles. The summed E-state index contributed by atoms with van der Waals surface area (Å²) in [4.78, 5) is 0. The Morgan fingerprint density at radius 1 is 1.57 bits per heavy atom. The van der Waals surface area contributed by atoms with Gasteiger partial charge in [-0.3, -0.25) is 0 Å². The summed E-state index contributed by atoms with van der Waals surface area (Å²) in [6, 6.07) is 0. The largest absolute Gasteiger partial charge is 0.316 e. The molecule has 0 amide bonds. The standard InChI is InChI=1S/C5H11N.CH4/c1-5-2-3-6-4-5;/h5-6H,2-4H2,1H3;1H4/t5-;/m0./s1. The van der Waals surface area contributed by atoms with Crippen molar-refractivity contribution in [3.63, 3.8) is 0 Å². The molecular formula is C6H15N. The van der Waals surface area contributed by atoms with E-state index in [9.17, 15) is 0 Å². The Hall–Kier alpha value is -0.0400. The first-order chi connectivity index (χ1) is 2.89. The van der Waals surface area contributed by atoms with Crippen LogP contribution in [0.2, 0.25) is 0 Å². The van der Waals surface area contributed by atoms with Crippen LogP contribution in [-0.4, -0.2) is 13.1 Å². The monoisotopic (exact) mass is 101 g/mol. The summed E-state index contributed by atoms with van der Waals surface area (Å²) < 4.78 is 0. The highest BCUT2D eigenvalue weighted by atomic mass is 14.9. The minimum atomic E-state index is 0. The van der Waals surface area contributed by atoms with Gasteiger partial charge in [0.15, 0.2) is 0 Å². The lowest BCUT2D eigenvalue weighted by molar-refractivity contribution is 0.651. The molecule has 1 fully saturated rings. The van der Waals surface area contributed by atoms with Crippen LogP contribution >= 0.6 is 0 Å². The normalized spacial score (nSPS) is 29.6. The minimum Gasteiger partial charge on any atom is -0.316 e. The third kappa shape index (κ3) is 1.93. The minimum absolute atomic E-state index is 0. The lowest BCUT2D eigenvalue weighted by atomic mass is 10.2.